The standard InChI is InChI=1S/C14H18BrN3O2/c1-20-8-3-2-4-18(7-8)12-6-11-9(5-10(12)15)13(16)14(19)17-11/h5-6,8,13H,2-4,7,16H2,1H3,(H,17,19). The first-order valence-electron chi connectivity index (χ1n) is 6.77. The van der Waals surface area contributed by atoms with Gasteiger partial charge in [-0.1, -0.05) is 0 Å². The van der Waals surface area contributed by atoms with E-state index in [0.29, 0.717) is 0 Å². The molecule has 2 unspecified atom stereocenters. The number of nitrogens with zero attached hydrogens (tertiary/aromatic N) is 1. The van der Waals surface area contributed by atoms with Gasteiger partial charge in [0, 0.05) is 35.9 Å². The summed E-state index contributed by atoms with van der Waals surface area (Å²) in [6.45, 7) is 1.87. The van der Waals surface area contributed by atoms with Crippen LogP contribution in [-0.4, -0.2) is 32.2 Å². The molecule has 0 aromatic heterocycles. The maximum atomic E-state index is 11.6. The Kier molecular flexibility index (Phi) is 3.70. The molecule has 2 aliphatic heterocycles. The van der Waals surface area contributed by atoms with Crippen molar-refractivity contribution >= 4 is 33.2 Å². The predicted molar refractivity (Wildman–Crippen MR) is 81.9 cm³/mol. The smallest absolute Gasteiger partial charge is 0.245 e. The van der Waals surface area contributed by atoms with Crippen molar-refractivity contribution in [3.63, 3.8) is 0 Å². The van der Waals surface area contributed by atoms with Gasteiger partial charge in [-0.15, -0.1) is 0 Å². The molecule has 0 spiro atoms. The van der Waals surface area contributed by atoms with E-state index in [1.807, 2.05) is 12.1 Å². The Morgan fingerprint density at radius 2 is 2.30 bits per heavy atom. The Bertz CT molecular complexity index is 549. The van der Waals surface area contributed by atoms with E-state index >= 15 is 0 Å². The fourth-order valence-corrected chi connectivity index (χ4v) is 3.50. The second kappa shape index (κ2) is 5.35. The van der Waals surface area contributed by atoms with Crippen LogP contribution in [-0.2, 0) is 9.53 Å². The minimum atomic E-state index is -0.566. The summed E-state index contributed by atoms with van der Waals surface area (Å²) in [7, 11) is 1.76. The van der Waals surface area contributed by atoms with E-state index in [4.69, 9.17) is 10.5 Å². The fraction of sp³-hybridized carbons (Fsp3) is 0.500. The summed E-state index contributed by atoms with van der Waals surface area (Å²) in [5, 5.41) is 2.84. The zero-order chi connectivity index (χ0) is 14.3. The van der Waals surface area contributed by atoms with Gasteiger partial charge in [0.15, 0.2) is 0 Å². The first-order chi connectivity index (χ1) is 9.60. The van der Waals surface area contributed by atoms with Gasteiger partial charge in [-0.25, -0.2) is 0 Å². The zero-order valence-corrected chi connectivity index (χ0v) is 12.9. The summed E-state index contributed by atoms with van der Waals surface area (Å²) >= 11 is 3.60. The van der Waals surface area contributed by atoms with Crippen molar-refractivity contribution in [2.24, 2.45) is 5.73 Å². The molecule has 1 fully saturated rings. The van der Waals surface area contributed by atoms with E-state index in [0.717, 1.165) is 47.3 Å². The topological polar surface area (TPSA) is 67.6 Å². The molecule has 108 valence electrons. The number of piperidine rings is 1. The van der Waals surface area contributed by atoms with E-state index in [1.165, 1.54) is 0 Å². The summed E-state index contributed by atoms with van der Waals surface area (Å²) in [5.74, 6) is -0.141. The number of carbonyl (C=O) groups is 1. The van der Waals surface area contributed by atoms with Gasteiger partial charge in [0.25, 0.3) is 0 Å². The van der Waals surface area contributed by atoms with Gasteiger partial charge in [-0.2, -0.15) is 0 Å². The number of fused-ring (bicyclic) bond motifs is 1. The summed E-state index contributed by atoms with van der Waals surface area (Å²) in [6.07, 6.45) is 2.46. The SMILES string of the molecule is COC1CCCN(c2cc3c(cc2Br)C(N)C(=O)N3)C1. The highest BCUT2D eigenvalue weighted by atomic mass is 79.9. The second-order valence-electron chi connectivity index (χ2n) is 5.30. The average Bonchev–Trinajstić information content (AvgIpc) is 2.73. The zero-order valence-electron chi connectivity index (χ0n) is 11.4. The van der Waals surface area contributed by atoms with Crippen molar-refractivity contribution in [3.05, 3.63) is 22.2 Å². The molecular formula is C14H18BrN3O2. The number of amides is 1. The molecule has 3 rings (SSSR count). The van der Waals surface area contributed by atoms with Crippen LogP contribution in [0.1, 0.15) is 24.4 Å². The molecule has 3 N–H and O–H groups in total. The third-order valence-corrected chi connectivity index (χ3v) is 4.68. The molecule has 1 saturated heterocycles. The van der Waals surface area contributed by atoms with Crippen LogP contribution in [0.3, 0.4) is 0 Å². The molecule has 0 bridgehead atoms. The number of benzene rings is 1. The highest BCUT2D eigenvalue weighted by Crippen LogP contribution is 2.39. The number of anilines is 2. The molecule has 0 radical (unpaired) electrons. The van der Waals surface area contributed by atoms with Crippen molar-refractivity contribution < 1.29 is 9.53 Å². The molecule has 1 aromatic rings. The van der Waals surface area contributed by atoms with Crippen LogP contribution in [0.2, 0.25) is 0 Å². The van der Waals surface area contributed by atoms with E-state index in [1.54, 1.807) is 7.11 Å². The molecule has 1 aromatic carbocycles. The summed E-state index contributed by atoms with van der Waals surface area (Å²) in [4.78, 5) is 13.9. The van der Waals surface area contributed by atoms with Gasteiger partial charge in [0.1, 0.15) is 6.04 Å². The summed E-state index contributed by atoms with van der Waals surface area (Å²) in [6, 6.07) is 3.38. The summed E-state index contributed by atoms with van der Waals surface area (Å²) in [5.41, 5.74) is 8.62. The maximum absolute atomic E-state index is 11.6. The van der Waals surface area contributed by atoms with E-state index in [2.05, 4.69) is 26.1 Å². The van der Waals surface area contributed by atoms with Crippen molar-refractivity contribution in [1.82, 2.24) is 0 Å². The van der Waals surface area contributed by atoms with Gasteiger partial charge in [0.05, 0.1) is 11.8 Å². The van der Waals surface area contributed by atoms with Gasteiger partial charge in [0.2, 0.25) is 5.91 Å². The fourth-order valence-electron chi connectivity index (χ4n) is 2.89. The van der Waals surface area contributed by atoms with Crippen LogP contribution in [0, 0.1) is 0 Å². The van der Waals surface area contributed by atoms with Crippen molar-refractivity contribution in [2.45, 2.75) is 25.0 Å². The van der Waals surface area contributed by atoms with Crippen LogP contribution in [0.15, 0.2) is 16.6 Å². The van der Waals surface area contributed by atoms with Gasteiger partial charge in [-0.05, 0) is 40.9 Å². The number of hydrogen-bond donors (Lipinski definition) is 2. The molecule has 5 nitrogen and oxygen atoms in total. The number of methoxy groups -OCH3 is 1. The normalized spacial score (nSPS) is 25.6. The highest BCUT2D eigenvalue weighted by molar-refractivity contribution is 9.10. The largest absolute Gasteiger partial charge is 0.380 e. The highest BCUT2D eigenvalue weighted by Gasteiger charge is 2.30. The van der Waals surface area contributed by atoms with Crippen molar-refractivity contribution in [2.75, 3.05) is 30.4 Å². The molecule has 2 heterocycles. The minimum Gasteiger partial charge on any atom is -0.380 e. The van der Waals surface area contributed by atoms with Crippen molar-refractivity contribution in [3.8, 4) is 0 Å². The number of halogens is 1. The summed E-state index contributed by atoms with van der Waals surface area (Å²) < 4.78 is 6.43. The molecule has 1 amide bonds. The monoisotopic (exact) mass is 339 g/mol. The Balaban J connectivity index is 1.91. The third-order valence-electron chi connectivity index (χ3n) is 4.05. The average molecular weight is 340 g/mol. The van der Waals surface area contributed by atoms with E-state index < -0.39 is 6.04 Å². The van der Waals surface area contributed by atoms with Crippen LogP contribution < -0.4 is 16.0 Å². The van der Waals surface area contributed by atoms with Gasteiger partial charge >= 0.3 is 0 Å². The number of carbonyl (C=O) groups excluding carboxylic acids is 1. The van der Waals surface area contributed by atoms with Crippen LogP contribution in [0.25, 0.3) is 0 Å². The second-order valence-corrected chi connectivity index (χ2v) is 6.16. The van der Waals surface area contributed by atoms with Crippen LogP contribution >= 0.6 is 15.9 Å². The lowest BCUT2D eigenvalue weighted by Gasteiger charge is -2.34. The van der Waals surface area contributed by atoms with E-state index in [-0.39, 0.29) is 12.0 Å². The number of nitrogens with one attached hydrogen (secondary N) is 1. The Morgan fingerprint density at radius 3 is 3.05 bits per heavy atom. The molecular weight excluding hydrogens is 322 g/mol. The minimum absolute atomic E-state index is 0.141. The quantitative estimate of drug-likeness (QED) is 0.864. The predicted octanol–water partition coefficient (Wildman–Crippen LogP) is 2.02. The van der Waals surface area contributed by atoms with Crippen LogP contribution in [0.5, 0.6) is 0 Å². The Hall–Kier alpha value is -1.11. The number of ether oxygens (including phenoxy) is 1. The van der Waals surface area contributed by atoms with Gasteiger partial charge < -0.3 is 20.7 Å². The molecule has 6 heteroatoms. The number of nitrogens with two attached hydrogens (primary N) is 1. The first-order valence-corrected chi connectivity index (χ1v) is 7.57. The lowest BCUT2D eigenvalue weighted by atomic mass is 10.0. The first kappa shape index (κ1) is 13.9. The third kappa shape index (κ3) is 2.32. The number of rotatable bonds is 2. The van der Waals surface area contributed by atoms with Crippen molar-refractivity contribution in [1.29, 1.82) is 0 Å². The molecule has 0 aliphatic carbocycles. The molecule has 20 heavy (non-hydrogen) atoms. The molecule has 2 atom stereocenters. The Labute approximate surface area is 126 Å². The Morgan fingerprint density at radius 1 is 1.50 bits per heavy atom. The van der Waals surface area contributed by atoms with Crippen LogP contribution in [0.4, 0.5) is 11.4 Å². The lowest BCUT2D eigenvalue weighted by molar-refractivity contribution is -0.116. The maximum Gasteiger partial charge on any atom is 0.245 e. The number of hydrogen-bond acceptors (Lipinski definition) is 4. The molecule has 0 saturated carbocycles. The lowest BCUT2D eigenvalue weighted by Crippen LogP contribution is -2.39. The van der Waals surface area contributed by atoms with Gasteiger partial charge in [-0.3, -0.25) is 4.79 Å². The molecule has 2 aliphatic rings. The van der Waals surface area contributed by atoms with E-state index in [9.17, 15) is 4.79 Å².